The maximum atomic E-state index is 10.3. The quantitative estimate of drug-likeness (QED) is 0.429. The Morgan fingerprint density at radius 3 is 2.58 bits per heavy atom. The van der Waals surface area contributed by atoms with Gasteiger partial charge in [-0.05, 0) is 29.3 Å². The van der Waals surface area contributed by atoms with Crippen LogP contribution in [0.15, 0.2) is 42.7 Å². The Morgan fingerprint density at radius 2 is 1.84 bits per heavy atom. The summed E-state index contributed by atoms with van der Waals surface area (Å²) in [7, 11) is 0. The minimum absolute atomic E-state index is 0.280. The van der Waals surface area contributed by atoms with Crippen molar-refractivity contribution < 1.29 is 25.2 Å². The van der Waals surface area contributed by atoms with E-state index in [2.05, 4.69) is 15.2 Å². The third-order valence-corrected chi connectivity index (χ3v) is 6.60. The van der Waals surface area contributed by atoms with Gasteiger partial charge in [0.15, 0.2) is 0 Å². The third-order valence-electron chi connectivity index (χ3n) is 5.26. The van der Waals surface area contributed by atoms with Gasteiger partial charge in [0, 0.05) is 35.8 Å². The second-order valence-electron chi connectivity index (χ2n) is 7.42. The summed E-state index contributed by atoms with van der Waals surface area (Å²) >= 11 is 7.85. The highest BCUT2D eigenvalue weighted by Gasteiger charge is 2.43. The highest BCUT2D eigenvalue weighted by Crippen LogP contribution is 2.29. The Morgan fingerprint density at radius 1 is 1.03 bits per heavy atom. The van der Waals surface area contributed by atoms with Crippen LogP contribution in [0.2, 0.25) is 5.02 Å². The Balaban J connectivity index is 1.49. The molecule has 3 heterocycles. The first-order valence-electron chi connectivity index (χ1n) is 9.77. The van der Waals surface area contributed by atoms with Crippen LogP contribution in [-0.2, 0) is 17.6 Å². The Kier molecular flexibility index (Phi) is 6.92. The molecule has 1 aliphatic heterocycles. The standard InChI is InChI=1S/C21H22ClN3O5S/c22-14-4-3-11(7-15-18(27)20(29)19(28)16(10-26)30-15)6-13(14)8-17-24-25-21(31-17)12-2-1-5-23-9-12/h1-6,9,15-16,18-20,26-29H,7-8,10H2. The van der Waals surface area contributed by atoms with E-state index in [1.165, 1.54) is 11.3 Å². The first kappa shape index (κ1) is 22.2. The van der Waals surface area contributed by atoms with Crippen molar-refractivity contribution in [3.05, 3.63) is 63.9 Å². The molecule has 0 radical (unpaired) electrons. The number of ether oxygens (including phenoxy) is 1. The van der Waals surface area contributed by atoms with Crippen molar-refractivity contribution in [3.8, 4) is 10.6 Å². The first-order valence-corrected chi connectivity index (χ1v) is 11.0. The summed E-state index contributed by atoms with van der Waals surface area (Å²) in [5.41, 5.74) is 2.58. The molecule has 0 amide bonds. The summed E-state index contributed by atoms with van der Waals surface area (Å²) in [5.74, 6) is 0. The number of aliphatic hydroxyl groups is 4. The van der Waals surface area contributed by atoms with Gasteiger partial charge < -0.3 is 25.2 Å². The van der Waals surface area contributed by atoms with Crippen LogP contribution in [0.4, 0.5) is 0 Å². The van der Waals surface area contributed by atoms with Crippen LogP contribution in [0, 0.1) is 0 Å². The van der Waals surface area contributed by atoms with Crippen molar-refractivity contribution in [2.24, 2.45) is 0 Å². The van der Waals surface area contributed by atoms with Crippen LogP contribution < -0.4 is 0 Å². The monoisotopic (exact) mass is 463 g/mol. The number of aromatic nitrogens is 3. The van der Waals surface area contributed by atoms with Gasteiger partial charge in [-0.3, -0.25) is 4.98 Å². The minimum Gasteiger partial charge on any atom is -0.394 e. The summed E-state index contributed by atoms with van der Waals surface area (Å²) in [6.45, 7) is -0.455. The molecule has 3 aromatic rings. The number of hydrogen-bond acceptors (Lipinski definition) is 9. The van der Waals surface area contributed by atoms with Crippen LogP contribution >= 0.6 is 22.9 Å². The molecule has 4 rings (SSSR count). The summed E-state index contributed by atoms with van der Waals surface area (Å²) in [6.07, 6.45) is -1.54. The number of hydrogen-bond donors (Lipinski definition) is 4. The van der Waals surface area contributed by atoms with Crippen LogP contribution in [-0.4, -0.2) is 72.7 Å². The van der Waals surface area contributed by atoms with E-state index >= 15 is 0 Å². The lowest BCUT2D eigenvalue weighted by Crippen LogP contribution is -2.59. The van der Waals surface area contributed by atoms with Gasteiger partial charge >= 0.3 is 0 Å². The fourth-order valence-electron chi connectivity index (χ4n) is 3.56. The highest BCUT2D eigenvalue weighted by atomic mass is 35.5. The molecule has 31 heavy (non-hydrogen) atoms. The number of aliphatic hydroxyl groups excluding tert-OH is 4. The van der Waals surface area contributed by atoms with E-state index in [1.807, 2.05) is 24.3 Å². The van der Waals surface area contributed by atoms with Crippen molar-refractivity contribution in [2.45, 2.75) is 43.4 Å². The number of benzene rings is 1. The van der Waals surface area contributed by atoms with Gasteiger partial charge in [-0.1, -0.05) is 35.1 Å². The van der Waals surface area contributed by atoms with Crippen LogP contribution in [0.1, 0.15) is 16.1 Å². The van der Waals surface area contributed by atoms with E-state index in [9.17, 15) is 20.4 Å². The van der Waals surface area contributed by atoms with Crippen LogP contribution in [0.5, 0.6) is 0 Å². The number of rotatable bonds is 6. The topological polar surface area (TPSA) is 129 Å². The van der Waals surface area contributed by atoms with Gasteiger partial charge in [-0.25, -0.2) is 0 Å². The molecule has 0 aliphatic carbocycles. The lowest BCUT2D eigenvalue weighted by Gasteiger charge is -2.40. The van der Waals surface area contributed by atoms with Crippen LogP contribution in [0.3, 0.4) is 0 Å². The first-order chi connectivity index (χ1) is 15.0. The van der Waals surface area contributed by atoms with Gasteiger partial charge in [-0.2, -0.15) is 0 Å². The van der Waals surface area contributed by atoms with Gasteiger partial charge in [0.25, 0.3) is 0 Å². The molecule has 0 spiro atoms. The fraction of sp³-hybridized carbons (Fsp3) is 0.381. The maximum Gasteiger partial charge on any atom is 0.149 e. The molecule has 5 unspecified atom stereocenters. The molecule has 1 aromatic carbocycles. The average Bonchev–Trinajstić information content (AvgIpc) is 3.25. The van der Waals surface area contributed by atoms with Gasteiger partial charge in [0.2, 0.25) is 0 Å². The molecule has 8 nitrogen and oxygen atoms in total. The van der Waals surface area contributed by atoms with E-state index in [4.69, 9.17) is 16.3 Å². The minimum atomic E-state index is -1.39. The average molecular weight is 464 g/mol. The van der Waals surface area contributed by atoms with Crippen molar-refractivity contribution in [1.29, 1.82) is 0 Å². The SMILES string of the molecule is OCC1OC(Cc2ccc(Cl)c(Cc3nnc(-c4cccnc4)s3)c2)C(O)C(O)C1O. The number of nitrogens with zero attached hydrogens (tertiary/aromatic N) is 3. The maximum absolute atomic E-state index is 10.3. The zero-order valence-electron chi connectivity index (χ0n) is 16.4. The molecule has 0 bridgehead atoms. The van der Waals surface area contributed by atoms with Gasteiger partial charge in [0.05, 0.1) is 12.7 Å². The van der Waals surface area contributed by atoms with Crippen molar-refractivity contribution in [2.75, 3.05) is 6.61 Å². The third kappa shape index (κ3) is 4.93. The molecule has 0 saturated carbocycles. The Labute approximate surface area is 187 Å². The zero-order valence-corrected chi connectivity index (χ0v) is 17.9. The summed E-state index contributed by atoms with van der Waals surface area (Å²) in [5, 5.41) is 50.2. The summed E-state index contributed by atoms with van der Waals surface area (Å²) in [6, 6.07) is 9.24. The fourth-order valence-corrected chi connectivity index (χ4v) is 4.60. The second kappa shape index (κ2) is 9.66. The smallest absolute Gasteiger partial charge is 0.149 e. The molecule has 5 atom stereocenters. The summed E-state index contributed by atoms with van der Waals surface area (Å²) < 4.78 is 5.61. The van der Waals surface area contributed by atoms with E-state index in [1.54, 1.807) is 18.5 Å². The Bertz CT molecular complexity index is 1020. The molecule has 2 aromatic heterocycles. The summed E-state index contributed by atoms with van der Waals surface area (Å²) in [4.78, 5) is 4.10. The van der Waals surface area contributed by atoms with Crippen molar-refractivity contribution in [3.63, 3.8) is 0 Å². The lowest BCUT2D eigenvalue weighted by atomic mass is 9.91. The molecule has 1 fully saturated rings. The van der Waals surface area contributed by atoms with E-state index in [-0.39, 0.29) is 6.42 Å². The van der Waals surface area contributed by atoms with Gasteiger partial charge in [0.1, 0.15) is 34.4 Å². The molecule has 1 aliphatic rings. The highest BCUT2D eigenvalue weighted by molar-refractivity contribution is 7.14. The molecule has 10 heteroatoms. The largest absolute Gasteiger partial charge is 0.394 e. The Hall–Kier alpha value is -1.98. The second-order valence-corrected chi connectivity index (χ2v) is 8.89. The van der Waals surface area contributed by atoms with Crippen molar-refractivity contribution >= 4 is 22.9 Å². The van der Waals surface area contributed by atoms with Crippen molar-refractivity contribution in [1.82, 2.24) is 15.2 Å². The molecular weight excluding hydrogens is 442 g/mol. The lowest BCUT2D eigenvalue weighted by molar-refractivity contribution is -0.228. The van der Waals surface area contributed by atoms with Crippen LogP contribution in [0.25, 0.3) is 10.6 Å². The van der Waals surface area contributed by atoms with E-state index in [0.29, 0.717) is 11.4 Å². The molecule has 4 N–H and O–H groups in total. The van der Waals surface area contributed by atoms with E-state index < -0.39 is 37.1 Å². The predicted molar refractivity (Wildman–Crippen MR) is 115 cm³/mol. The predicted octanol–water partition coefficient (Wildman–Crippen LogP) is 1.23. The normalized spacial score (nSPS) is 26.2. The molecule has 164 valence electrons. The molecular formula is C21H22ClN3O5S. The zero-order chi connectivity index (χ0) is 22.0. The van der Waals surface area contributed by atoms with E-state index in [0.717, 1.165) is 26.7 Å². The van der Waals surface area contributed by atoms with Gasteiger partial charge in [-0.15, -0.1) is 10.2 Å². The number of halogens is 1. The number of pyridine rings is 1. The molecule has 1 saturated heterocycles.